The predicted octanol–water partition coefficient (Wildman–Crippen LogP) is 4.18. The van der Waals surface area contributed by atoms with Crippen LogP contribution in [0.5, 0.6) is 11.5 Å². The van der Waals surface area contributed by atoms with Crippen LogP contribution in [0.2, 0.25) is 0 Å². The first-order valence-electron chi connectivity index (χ1n) is 5.99. The second kappa shape index (κ2) is 7.05. The Balaban J connectivity index is 2.37. The van der Waals surface area contributed by atoms with Crippen molar-refractivity contribution >= 4 is 52.7 Å². The number of fused-ring (bicyclic) bond motifs is 1. The number of ether oxygens (including phenoxy) is 2. The molecule has 1 amide bonds. The number of alkyl halides is 3. The van der Waals surface area contributed by atoms with Crippen LogP contribution < -0.4 is 14.8 Å². The topological polar surface area (TPSA) is 67.8 Å². The van der Waals surface area contributed by atoms with Crippen LogP contribution in [0.3, 0.4) is 0 Å². The lowest BCUT2D eigenvalue weighted by Gasteiger charge is -2.23. The van der Waals surface area contributed by atoms with E-state index in [1.54, 1.807) is 18.2 Å². The van der Waals surface area contributed by atoms with Gasteiger partial charge >= 0.3 is 6.09 Å². The van der Waals surface area contributed by atoms with Gasteiger partial charge in [0.05, 0.1) is 13.2 Å². The number of hydrogen-bond donors (Lipinski definition) is 2. The molecule has 21 heavy (non-hydrogen) atoms. The molecule has 2 rings (SSSR count). The number of carboxylic acid groups (broad SMARTS) is 1. The molecule has 0 spiro atoms. The zero-order valence-electron chi connectivity index (χ0n) is 10.6. The van der Waals surface area contributed by atoms with Gasteiger partial charge < -0.3 is 19.9 Å². The Labute approximate surface area is 140 Å². The van der Waals surface area contributed by atoms with E-state index < -0.39 is 14.6 Å². The van der Waals surface area contributed by atoms with Crippen LogP contribution in [0.15, 0.2) is 18.2 Å². The van der Waals surface area contributed by atoms with E-state index in [2.05, 4.69) is 5.32 Å². The van der Waals surface area contributed by atoms with Gasteiger partial charge in [-0.15, -0.1) is 0 Å². The van der Waals surface area contributed by atoms with Crippen LogP contribution in [0.1, 0.15) is 17.4 Å². The number of para-hydroxylation sites is 1. The Morgan fingerprint density at radius 1 is 1.33 bits per heavy atom. The molecule has 1 heterocycles. The van der Waals surface area contributed by atoms with Gasteiger partial charge in [0.15, 0.2) is 11.5 Å². The van der Waals surface area contributed by atoms with Gasteiger partial charge in [-0.3, -0.25) is 0 Å². The first-order chi connectivity index (χ1) is 9.87. The van der Waals surface area contributed by atoms with E-state index in [-0.39, 0.29) is 0 Å². The van der Waals surface area contributed by atoms with Gasteiger partial charge in [-0.1, -0.05) is 58.7 Å². The van der Waals surface area contributed by atoms with Crippen molar-refractivity contribution in [3.05, 3.63) is 23.8 Å². The van der Waals surface area contributed by atoms with Crippen LogP contribution in [-0.2, 0) is 0 Å². The summed E-state index contributed by atoms with van der Waals surface area (Å²) in [6.45, 7) is 1.01. The van der Waals surface area contributed by atoms with E-state index in [0.717, 1.165) is 18.2 Å². The molecule has 1 unspecified atom stereocenters. The van der Waals surface area contributed by atoms with Crippen molar-refractivity contribution in [1.82, 2.24) is 5.32 Å². The highest BCUT2D eigenvalue weighted by atomic mass is 35.6. The van der Waals surface area contributed by atoms with E-state index >= 15 is 0 Å². The Hall–Kier alpha value is -0.690. The zero-order valence-corrected chi connectivity index (χ0v) is 13.7. The minimum Gasteiger partial charge on any atom is -0.490 e. The van der Waals surface area contributed by atoms with Crippen molar-refractivity contribution in [3.63, 3.8) is 0 Å². The van der Waals surface area contributed by atoms with Gasteiger partial charge in [-0.2, -0.15) is 0 Å². The van der Waals surface area contributed by atoms with E-state index in [1.807, 2.05) is 0 Å². The fourth-order valence-corrected chi connectivity index (χ4v) is 3.38. The smallest absolute Gasteiger partial charge is 0.405 e. The van der Waals surface area contributed by atoms with Crippen molar-refractivity contribution in [2.75, 3.05) is 13.2 Å². The molecule has 2 N–H and O–H groups in total. The fourth-order valence-electron chi connectivity index (χ4n) is 1.84. The molecular weight excluding hydrogens is 361 g/mol. The Bertz CT molecular complexity index is 524. The molecule has 116 valence electrons. The van der Waals surface area contributed by atoms with Crippen LogP contribution in [0, 0.1) is 0 Å². The number of amides is 1. The number of carbonyl (C=O) groups is 1. The highest BCUT2D eigenvalue weighted by Gasteiger charge is 2.31. The average molecular weight is 373 g/mol. The van der Waals surface area contributed by atoms with Gasteiger partial charge in [0.2, 0.25) is 3.12 Å². The third kappa shape index (κ3) is 4.92. The molecule has 1 aliphatic rings. The summed E-state index contributed by atoms with van der Waals surface area (Å²) in [5.41, 5.74) is 0.549. The molecule has 0 aliphatic carbocycles. The van der Waals surface area contributed by atoms with E-state index in [1.165, 1.54) is 0 Å². The maximum Gasteiger partial charge on any atom is 0.405 e. The van der Waals surface area contributed by atoms with Crippen molar-refractivity contribution in [3.8, 4) is 11.5 Å². The average Bonchev–Trinajstić information content (AvgIpc) is 2.60. The standard InChI is InChI=1S/C12H12Cl3NO4S/c13-12(14,15)21-10(16-11(17)18)7-3-1-4-8-9(7)20-6-2-5-19-8/h1,3-4,10,16H,2,5-6H2,(H,17,18). The molecule has 1 aromatic rings. The first-order valence-corrected chi connectivity index (χ1v) is 8.01. The summed E-state index contributed by atoms with van der Waals surface area (Å²) in [7, 11) is 0. The van der Waals surface area contributed by atoms with Crippen LogP contribution in [-0.4, -0.2) is 27.5 Å². The van der Waals surface area contributed by atoms with Crippen molar-refractivity contribution in [2.45, 2.75) is 14.9 Å². The Kier molecular flexibility index (Phi) is 5.60. The van der Waals surface area contributed by atoms with Crippen molar-refractivity contribution < 1.29 is 19.4 Å². The molecule has 0 aromatic heterocycles. The molecule has 9 heteroatoms. The van der Waals surface area contributed by atoms with Crippen molar-refractivity contribution in [1.29, 1.82) is 0 Å². The quantitative estimate of drug-likeness (QED) is 0.615. The minimum atomic E-state index is -1.68. The summed E-state index contributed by atoms with van der Waals surface area (Å²) in [4.78, 5) is 11.0. The highest BCUT2D eigenvalue weighted by molar-refractivity contribution is 8.04. The molecule has 1 atom stereocenters. The van der Waals surface area contributed by atoms with Crippen molar-refractivity contribution in [2.24, 2.45) is 0 Å². The number of rotatable bonds is 3. The molecule has 1 aliphatic heterocycles. The normalized spacial score (nSPS) is 16.0. The molecule has 0 saturated carbocycles. The maximum absolute atomic E-state index is 11.0. The van der Waals surface area contributed by atoms with E-state index in [0.29, 0.717) is 30.3 Å². The number of nitrogens with one attached hydrogen (secondary N) is 1. The summed E-state index contributed by atoms with van der Waals surface area (Å²) in [5, 5.41) is 10.5. The third-order valence-corrected chi connectivity index (χ3v) is 4.27. The van der Waals surface area contributed by atoms with Crippen LogP contribution >= 0.6 is 46.6 Å². The number of halogens is 3. The lowest BCUT2D eigenvalue weighted by molar-refractivity contribution is 0.193. The maximum atomic E-state index is 11.0. The highest BCUT2D eigenvalue weighted by Crippen LogP contribution is 2.49. The zero-order chi connectivity index (χ0) is 15.5. The molecule has 0 radical (unpaired) electrons. The van der Waals surface area contributed by atoms with Crippen LogP contribution in [0.4, 0.5) is 4.79 Å². The fraction of sp³-hybridized carbons (Fsp3) is 0.417. The second-order valence-corrected chi connectivity index (χ2v) is 8.39. The predicted molar refractivity (Wildman–Crippen MR) is 83.8 cm³/mol. The third-order valence-electron chi connectivity index (χ3n) is 2.59. The lowest BCUT2D eigenvalue weighted by Crippen LogP contribution is -2.26. The number of benzene rings is 1. The molecule has 0 bridgehead atoms. The minimum absolute atomic E-state index is 0.468. The summed E-state index contributed by atoms with van der Waals surface area (Å²) >= 11 is 18.1. The molecule has 0 saturated heterocycles. The van der Waals surface area contributed by atoms with Gasteiger partial charge in [0, 0.05) is 12.0 Å². The monoisotopic (exact) mass is 371 g/mol. The molecule has 5 nitrogen and oxygen atoms in total. The number of hydrogen-bond acceptors (Lipinski definition) is 4. The number of thioether (sulfide) groups is 1. The van der Waals surface area contributed by atoms with E-state index in [4.69, 9.17) is 49.4 Å². The summed E-state index contributed by atoms with van der Waals surface area (Å²) < 4.78 is 9.54. The first kappa shape index (κ1) is 16.7. The summed E-state index contributed by atoms with van der Waals surface area (Å²) in [5.74, 6) is 1.02. The lowest BCUT2D eigenvalue weighted by atomic mass is 10.2. The van der Waals surface area contributed by atoms with Crippen LogP contribution in [0.25, 0.3) is 0 Å². The summed E-state index contributed by atoms with van der Waals surface area (Å²) in [6, 6.07) is 5.19. The van der Waals surface area contributed by atoms with Gasteiger partial charge in [-0.05, 0) is 6.07 Å². The molecule has 0 fully saturated rings. The van der Waals surface area contributed by atoms with E-state index in [9.17, 15) is 4.79 Å². The largest absolute Gasteiger partial charge is 0.490 e. The SMILES string of the molecule is O=C(O)NC(SC(Cl)(Cl)Cl)c1cccc2c1OCCCO2. The molecular formula is C12H12Cl3NO4S. The van der Waals surface area contributed by atoms with Gasteiger partial charge in [0.1, 0.15) is 5.37 Å². The Morgan fingerprint density at radius 2 is 2.05 bits per heavy atom. The van der Waals surface area contributed by atoms with Gasteiger partial charge in [-0.25, -0.2) is 4.79 Å². The Morgan fingerprint density at radius 3 is 2.71 bits per heavy atom. The molecule has 1 aromatic carbocycles. The summed E-state index contributed by atoms with van der Waals surface area (Å²) in [6.07, 6.45) is -0.489. The second-order valence-electron chi connectivity index (χ2n) is 4.12. The van der Waals surface area contributed by atoms with Gasteiger partial charge in [0.25, 0.3) is 0 Å².